The summed E-state index contributed by atoms with van der Waals surface area (Å²) in [5.74, 6) is 1.22. The summed E-state index contributed by atoms with van der Waals surface area (Å²) in [7, 11) is 0. The molecule has 0 bridgehead atoms. The van der Waals surface area contributed by atoms with Crippen molar-refractivity contribution in [3.63, 3.8) is 0 Å². The highest BCUT2D eigenvalue weighted by Crippen LogP contribution is 2.35. The molecule has 3 heterocycles. The number of furan rings is 1. The van der Waals surface area contributed by atoms with Crippen LogP contribution in [0, 0.1) is 6.92 Å². The summed E-state index contributed by atoms with van der Waals surface area (Å²) < 4.78 is 11.6. The summed E-state index contributed by atoms with van der Waals surface area (Å²) in [6.07, 6.45) is 1.62. The summed E-state index contributed by atoms with van der Waals surface area (Å²) in [6.45, 7) is 1.76. The van der Waals surface area contributed by atoms with Crippen LogP contribution in [0.4, 0.5) is 5.69 Å². The van der Waals surface area contributed by atoms with Crippen molar-refractivity contribution in [1.82, 2.24) is 15.2 Å². The van der Waals surface area contributed by atoms with Gasteiger partial charge in [-0.2, -0.15) is 0 Å². The fraction of sp³-hybridized carbons (Fsp3) is 0.111. The smallest absolute Gasteiger partial charge is 0.263 e. The summed E-state index contributed by atoms with van der Waals surface area (Å²) in [6, 6.07) is 8.82. The number of anilines is 1. The van der Waals surface area contributed by atoms with E-state index in [-0.39, 0.29) is 12.3 Å². The molecule has 4 rings (SSSR count). The topological polar surface area (TPSA) is 94.0 Å². The number of hydrogen-bond donors (Lipinski definition) is 1. The zero-order valence-electron chi connectivity index (χ0n) is 14.5. The predicted molar refractivity (Wildman–Crippen MR) is 107 cm³/mol. The largest absolute Gasteiger partial charge is 0.459 e. The first-order valence-electron chi connectivity index (χ1n) is 8.12. The fourth-order valence-corrected chi connectivity index (χ4v) is 4.15. The molecule has 7 nitrogen and oxygen atoms in total. The number of benzene rings is 1. The van der Waals surface area contributed by atoms with Crippen LogP contribution in [0.1, 0.15) is 11.5 Å². The van der Waals surface area contributed by atoms with Crippen molar-refractivity contribution < 1.29 is 13.6 Å². The van der Waals surface area contributed by atoms with Crippen molar-refractivity contribution in [2.75, 3.05) is 5.32 Å². The number of nitrogens with one attached hydrogen (secondary N) is 1. The summed E-state index contributed by atoms with van der Waals surface area (Å²) in [4.78, 5) is 17.6. The molecule has 0 saturated carbocycles. The molecule has 0 fully saturated rings. The summed E-state index contributed by atoms with van der Waals surface area (Å²) >= 11 is 9.18. The lowest BCUT2D eigenvalue weighted by atomic mass is 10.2. The van der Waals surface area contributed by atoms with Crippen LogP contribution in [-0.2, 0) is 11.2 Å². The number of rotatable bonds is 6. The van der Waals surface area contributed by atoms with Crippen molar-refractivity contribution in [2.45, 2.75) is 22.6 Å². The van der Waals surface area contributed by atoms with Gasteiger partial charge in [-0.25, -0.2) is 4.98 Å². The molecule has 0 aliphatic heterocycles. The molecule has 10 heteroatoms. The van der Waals surface area contributed by atoms with E-state index >= 15 is 0 Å². The molecule has 0 atom stereocenters. The SMILES string of the molecule is Cc1oc(-c2ccco2)nc1CC(=O)Nc1ccc(Sc2nncs2)c(Cl)c1. The molecule has 0 unspecified atom stereocenters. The van der Waals surface area contributed by atoms with Gasteiger partial charge in [0.15, 0.2) is 10.1 Å². The van der Waals surface area contributed by atoms with Crippen LogP contribution in [0.15, 0.2) is 60.2 Å². The van der Waals surface area contributed by atoms with Crippen molar-refractivity contribution in [1.29, 1.82) is 0 Å². The number of aromatic nitrogens is 3. The molecule has 1 N–H and O–H groups in total. The predicted octanol–water partition coefficient (Wildman–Crippen LogP) is 5.08. The second-order valence-electron chi connectivity index (χ2n) is 5.68. The normalized spacial score (nSPS) is 10.9. The third-order valence-electron chi connectivity index (χ3n) is 3.71. The van der Waals surface area contributed by atoms with Crippen LogP contribution in [0.2, 0.25) is 5.02 Å². The second-order valence-corrected chi connectivity index (χ2v) is 8.21. The van der Waals surface area contributed by atoms with Crippen molar-refractivity contribution >= 4 is 46.3 Å². The Morgan fingerprint density at radius 3 is 2.96 bits per heavy atom. The van der Waals surface area contributed by atoms with Gasteiger partial charge in [-0.15, -0.1) is 10.2 Å². The number of nitrogens with zero attached hydrogens (tertiary/aromatic N) is 3. The van der Waals surface area contributed by atoms with Crippen LogP contribution in [0.25, 0.3) is 11.7 Å². The van der Waals surface area contributed by atoms with Crippen molar-refractivity contribution in [2.24, 2.45) is 0 Å². The maximum Gasteiger partial charge on any atom is 0.263 e. The number of hydrogen-bond acceptors (Lipinski definition) is 8. The molecule has 0 radical (unpaired) electrons. The molecule has 1 amide bonds. The molecular weight excluding hydrogens is 420 g/mol. The van der Waals surface area contributed by atoms with E-state index in [1.807, 2.05) is 6.07 Å². The Morgan fingerprint density at radius 1 is 1.36 bits per heavy atom. The molecule has 3 aromatic heterocycles. The minimum absolute atomic E-state index is 0.0783. The average Bonchev–Trinajstić information content (AvgIpc) is 3.40. The second kappa shape index (κ2) is 8.17. The number of halogens is 1. The highest BCUT2D eigenvalue weighted by molar-refractivity contribution is 8.01. The zero-order valence-corrected chi connectivity index (χ0v) is 16.9. The molecule has 28 heavy (non-hydrogen) atoms. The first-order valence-corrected chi connectivity index (χ1v) is 10.2. The Labute approximate surface area is 173 Å². The van der Waals surface area contributed by atoms with E-state index in [1.165, 1.54) is 29.4 Å². The zero-order chi connectivity index (χ0) is 19.5. The lowest BCUT2D eigenvalue weighted by Gasteiger charge is -2.07. The maximum atomic E-state index is 12.4. The Kier molecular flexibility index (Phi) is 5.47. The van der Waals surface area contributed by atoms with Gasteiger partial charge in [-0.3, -0.25) is 4.79 Å². The maximum absolute atomic E-state index is 12.4. The lowest BCUT2D eigenvalue weighted by Crippen LogP contribution is -2.15. The molecule has 0 spiro atoms. The molecule has 0 aliphatic rings. The first-order chi connectivity index (χ1) is 13.6. The average molecular weight is 433 g/mol. The molecular formula is C18H13ClN4O3S2. The van der Waals surface area contributed by atoms with Gasteiger partial charge in [-0.1, -0.05) is 34.7 Å². The molecule has 142 valence electrons. The minimum atomic E-state index is -0.219. The standard InChI is InChI=1S/C18H13ClN4O3S2/c1-10-13(22-17(26-10)14-3-2-6-25-14)8-16(24)21-11-4-5-15(12(19)7-11)28-18-23-20-9-27-18/h2-7,9H,8H2,1H3,(H,21,24). The quantitative estimate of drug-likeness (QED) is 0.454. The number of carbonyl (C=O) groups excluding carboxylic acids is 1. The van der Waals surface area contributed by atoms with Crippen LogP contribution in [0.3, 0.4) is 0 Å². The van der Waals surface area contributed by atoms with Gasteiger partial charge in [0.2, 0.25) is 5.91 Å². The number of amides is 1. The van der Waals surface area contributed by atoms with E-state index in [4.69, 9.17) is 20.4 Å². The molecule has 1 aromatic carbocycles. The van der Waals surface area contributed by atoms with Gasteiger partial charge in [0, 0.05) is 10.6 Å². The number of aryl methyl sites for hydroxylation is 1. The van der Waals surface area contributed by atoms with Gasteiger partial charge >= 0.3 is 0 Å². The van der Waals surface area contributed by atoms with E-state index in [1.54, 1.807) is 36.7 Å². The fourth-order valence-electron chi connectivity index (χ4n) is 2.42. The summed E-state index contributed by atoms with van der Waals surface area (Å²) in [5, 5.41) is 11.1. The molecule has 0 aliphatic carbocycles. The molecule has 4 aromatic rings. The van der Waals surface area contributed by atoms with E-state index in [2.05, 4.69) is 20.5 Å². The van der Waals surface area contributed by atoms with E-state index in [0.29, 0.717) is 33.8 Å². The van der Waals surface area contributed by atoms with Crippen molar-refractivity contribution in [3.05, 3.63) is 58.6 Å². The van der Waals surface area contributed by atoms with Gasteiger partial charge < -0.3 is 14.2 Å². The van der Waals surface area contributed by atoms with Crippen molar-refractivity contribution in [3.8, 4) is 11.7 Å². The summed E-state index contributed by atoms with van der Waals surface area (Å²) in [5.41, 5.74) is 2.82. The first kappa shape index (κ1) is 18.7. The number of oxazole rings is 1. The highest BCUT2D eigenvalue weighted by Gasteiger charge is 2.16. The van der Waals surface area contributed by atoms with Crippen LogP contribution in [0.5, 0.6) is 0 Å². The Bertz CT molecular complexity index is 1090. The van der Waals surface area contributed by atoms with E-state index in [9.17, 15) is 4.79 Å². The Balaban J connectivity index is 1.42. The Hall–Kier alpha value is -2.62. The molecule has 0 saturated heterocycles. The van der Waals surface area contributed by atoms with Crippen LogP contribution in [-0.4, -0.2) is 21.1 Å². The highest BCUT2D eigenvalue weighted by atomic mass is 35.5. The van der Waals surface area contributed by atoms with Gasteiger partial charge in [-0.05, 0) is 37.3 Å². The lowest BCUT2D eigenvalue weighted by molar-refractivity contribution is -0.115. The van der Waals surface area contributed by atoms with Gasteiger partial charge in [0.05, 0.1) is 23.4 Å². The third-order valence-corrected chi connectivity index (χ3v) is 5.98. The van der Waals surface area contributed by atoms with Gasteiger partial charge in [0.1, 0.15) is 11.3 Å². The van der Waals surface area contributed by atoms with Crippen LogP contribution < -0.4 is 5.32 Å². The Morgan fingerprint density at radius 2 is 2.25 bits per heavy atom. The number of carbonyl (C=O) groups is 1. The van der Waals surface area contributed by atoms with Gasteiger partial charge in [0.25, 0.3) is 5.89 Å². The monoisotopic (exact) mass is 432 g/mol. The van der Waals surface area contributed by atoms with E-state index < -0.39 is 0 Å². The minimum Gasteiger partial charge on any atom is -0.459 e. The third kappa shape index (κ3) is 4.27. The van der Waals surface area contributed by atoms with Crippen LogP contribution >= 0.6 is 34.7 Å². The van der Waals surface area contributed by atoms with E-state index in [0.717, 1.165) is 9.24 Å².